The van der Waals surface area contributed by atoms with Crippen molar-refractivity contribution in [3.8, 4) is 5.75 Å². The molecule has 0 radical (unpaired) electrons. The number of methoxy groups -OCH3 is 1. The fraction of sp³-hybridized carbons (Fsp3) is 0.529. The molecular formula is C34H40N2O7. The van der Waals surface area contributed by atoms with Crippen LogP contribution in [-0.4, -0.2) is 57.9 Å². The van der Waals surface area contributed by atoms with Crippen LogP contribution in [0.5, 0.6) is 5.75 Å². The van der Waals surface area contributed by atoms with Gasteiger partial charge in [-0.3, -0.25) is 9.59 Å². The van der Waals surface area contributed by atoms with Crippen LogP contribution in [0.1, 0.15) is 56.9 Å². The van der Waals surface area contributed by atoms with Crippen molar-refractivity contribution < 1.29 is 34.0 Å². The summed E-state index contributed by atoms with van der Waals surface area (Å²) in [6.07, 6.45) is 9.75. The summed E-state index contributed by atoms with van der Waals surface area (Å²) >= 11 is 0. The van der Waals surface area contributed by atoms with E-state index in [0.717, 1.165) is 29.5 Å². The van der Waals surface area contributed by atoms with Crippen molar-refractivity contribution in [1.82, 2.24) is 4.57 Å². The number of aromatic nitrogens is 1. The van der Waals surface area contributed by atoms with Gasteiger partial charge in [-0.1, -0.05) is 31.6 Å². The molecular weight excluding hydrogens is 548 g/mol. The molecule has 9 heteroatoms. The van der Waals surface area contributed by atoms with E-state index in [9.17, 15) is 19.8 Å². The number of carbonyl (C=O) groups excluding carboxylic acids is 2. The highest BCUT2D eigenvalue weighted by molar-refractivity contribution is 6.01. The third-order valence-electron chi connectivity index (χ3n) is 11.5. The summed E-state index contributed by atoms with van der Waals surface area (Å²) in [5, 5.41) is 22.0. The minimum absolute atomic E-state index is 0.00115. The zero-order valence-electron chi connectivity index (χ0n) is 24.9. The highest BCUT2D eigenvalue weighted by Crippen LogP contribution is 2.70. The Morgan fingerprint density at radius 1 is 1.26 bits per heavy atom. The standard InChI is InChI=1S/C34H40N2O7/c1-32-10-8-22(38)13-21(32)5-6-23-24-14-29-34(28(40)18-37,33(24,2)15-26(39)30(23)32)43-31(42-29)20-9-11-36(17-20)16-19-4-7-27(41-3)25(35)12-19/h4,7-13,17,23-24,26,29-31,37,39H,5-6,14-16,18,35H2,1-3H3/t23-,24-,26-,29+,30+,31+,32-,33-,34+/m0/s1. The summed E-state index contributed by atoms with van der Waals surface area (Å²) in [4.78, 5) is 25.9. The number of nitrogens with zero attached hydrogens (tertiary/aromatic N) is 1. The number of Topliss-reactive ketones (excluding diaryl/α,β-unsaturated/α-hetero) is 1. The summed E-state index contributed by atoms with van der Waals surface area (Å²) in [6.45, 7) is 4.09. The molecule has 9 nitrogen and oxygen atoms in total. The largest absolute Gasteiger partial charge is 0.495 e. The van der Waals surface area contributed by atoms with Gasteiger partial charge in [0.05, 0.1) is 25.0 Å². The van der Waals surface area contributed by atoms with Crippen molar-refractivity contribution in [2.24, 2.45) is 28.6 Å². The molecule has 2 heterocycles. The van der Waals surface area contributed by atoms with E-state index in [1.165, 1.54) is 0 Å². The number of allylic oxidation sites excluding steroid dienone is 4. The first kappa shape index (κ1) is 28.5. The molecule has 3 saturated carbocycles. The Kier molecular flexibility index (Phi) is 6.56. The molecule has 4 aliphatic carbocycles. The predicted octanol–water partition coefficient (Wildman–Crippen LogP) is 3.73. The van der Waals surface area contributed by atoms with Gasteiger partial charge in [0.15, 0.2) is 23.5 Å². The van der Waals surface area contributed by atoms with E-state index in [4.69, 9.17) is 19.9 Å². The molecule has 0 bridgehead atoms. The second-order valence-corrected chi connectivity index (χ2v) is 13.5. The summed E-state index contributed by atoms with van der Waals surface area (Å²) in [7, 11) is 1.59. The Labute approximate surface area is 251 Å². The third-order valence-corrected chi connectivity index (χ3v) is 11.5. The minimum atomic E-state index is -1.37. The number of nitrogens with two attached hydrogens (primary N) is 1. The molecule has 2 aromatic rings. The first-order valence-electron chi connectivity index (χ1n) is 15.2. The Hall–Kier alpha value is -3.24. The van der Waals surface area contributed by atoms with E-state index in [1.54, 1.807) is 19.3 Å². The second kappa shape index (κ2) is 9.89. The number of hydrogen-bond donors (Lipinski definition) is 3. The zero-order chi connectivity index (χ0) is 30.3. The van der Waals surface area contributed by atoms with E-state index in [-0.39, 0.29) is 23.5 Å². The lowest BCUT2D eigenvalue weighted by Gasteiger charge is -2.59. The topological polar surface area (TPSA) is 133 Å². The van der Waals surface area contributed by atoms with Crippen molar-refractivity contribution in [3.63, 3.8) is 0 Å². The van der Waals surface area contributed by atoms with Gasteiger partial charge in [0.25, 0.3) is 0 Å². The first-order chi connectivity index (χ1) is 20.5. The van der Waals surface area contributed by atoms with Crippen LogP contribution >= 0.6 is 0 Å². The minimum Gasteiger partial charge on any atom is -0.495 e. The number of anilines is 1. The number of aliphatic hydroxyl groups excluding tert-OH is 2. The molecule has 0 amide bonds. The molecule has 7 rings (SSSR count). The van der Waals surface area contributed by atoms with Crippen molar-refractivity contribution >= 4 is 17.3 Å². The SMILES string of the molecule is COc1ccc(Cn2ccc([C@@H]3O[C@@H]4C[C@H]5[C@@H]6CCC7=CC(=O)C=C[C@]7(C)[C@H]6[C@@H](O)C[C@]5(C)[C@]4(C(=O)CO)O3)c2)cc1N. The lowest BCUT2D eigenvalue weighted by Crippen LogP contribution is -2.63. The predicted molar refractivity (Wildman–Crippen MR) is 158 cm³/mol. The van der Waals surface area contributed by atoms with E-state index in [1.807, 2.05) is 54.2 Å². The number of fused-ring (bicyclic) bond motifs is 7. The molecule has 0 spiro atoms. The van der Waals surface area contributed by atoms with Gasteiger partial charge in [0.1, 0.15) is 12.4 Å². The number of ether oxygens (including phenoxy) is 3. The highest BCUT2D eigenvalue weighted by atomic mass is 16.7. The molecule has 1 aromatic carbocycles. The Morgan fingerprint density at radius 3 is 2.81 bits per heavy atom. The maximum Gasteiger partial charge on any atom is 0.193 e. The normalized spacial score (nSPS) is 39.5. The molecule has 4 N–H and O–H groups in total. The van der Waals surface area contributed by atoms with Gasteiger partial charge < -0.3 is 34.7 Å². The Bertz CT molecular complexity index is 1540. The first-order valence-corrected chi connectivity index (χ1v) is 15.2. The van der Waals surface area contributed by atoms with E-state index >= 15 is 0 Å². The van der Waals surface area contributed by atoms with E-state index in [0.29, 0.717) is 30.8 Å². The van der Waals surface area contributed by atoms with Crippen molar-refractivity contribution in [3.05, 3.63) is 71.6 Å². The van der Waals surface area contributed by atoms with Crippen LogP contribution in [-0.2, 0) is 25.6 Å². The molecule has 43 heavy (non-hydrogen) atoms. The monoisotopic (exact) mass is 588 g/mol. The molecule has 0 unspecified atom stereocenters. The number of carbonyl (C=O) groups is 2. The van der Waals surface area contributed by atoms with Gasteiger partial charge in [-0.05, 0) is 73.4 Å². The molecule has 5 aliphatic rings. The molecule has 1 aromatic heterocycles. The summed E-state index contributed by atoms with van der Waals surface area (Å²) in [5.74, 6) is 0.328. The van der Waals surface area contributed by atoms with Crippen LogP contribution in [0, 0.1) is 28.6 Å². The lowest BCUT2D eigenvalue weighted by molar-refractivity contribution is -0.201. The maximum atomic E-state index is 13.8. The average molecular weight is 589 g/mol. The quantitative estimate of drug-likeness (QED) is 0.435. The number of hydrogen-bond acceptors (Lipinski definition) is 8. The Morgan fingerprint density at radius 2 is 2.07 bits per heavy atom. The molecule has 1 aliphatic heterocycles. The van der Waals surface area contributed by atoms with Crippen molar-refractivity contribution in [1.29, 1.82) is 0 Å². The number of nitrogen functional groups attached to an aromatic ring is 1. The van der Waals surface area contributed by atoms with Crippen LogP contribution in [0.3, 0.4) is 0 Å². The number of aliphatic hydroxyl groups is 2. The molecule has 1 saturated heterocycles. The smallest absolute Gasteiger partial charge is 0.193 e. The van der Waals surface area contributed by atoms with Crippen molar-refractivity contribution in [2.75, 3.05) is 19.5 Å². The van der Waals surface area contributed by atoms with Crippen LogP contribution in [0.25, 0.3) is 0 Å². The molecule has 4 fully saturated rings. The lowest BCUT2D eigenvalue weighted by atomic mass is 9.46. The second-order valence-electron chi connectivity index (χ2n) is 13.5. The fourth-order valence-corrected chi connectivity index (χ4v) is 9.62. The summed E-state index contributed by atoms with van der Waals surface area (Å²) < 4.78 is 20.6. The van der Waals surface area contributed by atoms with Gasteiger partial charge in [-0.15, -0.1) is 0 Å². The molecule has 9 atom stereocenters. The third kappa shape index (κ3) is 3.98. The maximum absolute atomic E-state index is 13.8. The van der Waals surface area contributed by atoms with Gasteiger partial charge in [-0.2, -0.15) is 0 Å². The summed E-state index contributed by atoms with van der Waals surface area (Å²) in [5.41, 5.74) is 7.02. The van der Waals surface area contributed by atoms with E-state index in [2.05, 4.69) is 6.92 Å². The van der Waals surface area contributed by atoms with Crippen molar-refractivity contribution in [2.45, 2.75) is 70.2 Å². The number of ketones is 2. The Balaban J connectivity index is 1.17. The molecule has 228 valence electrons. The van der Waals surface area contributed by atoms with Crippen LogP contribution < -0.4 is 10.5 Å². The zero-order valence-corrected chi connectivity index (χ0v) is 24.9. The fourth-order valence-electron chi connectivity index (χ4n) is 9.62. The van der Waals surface area contributed by atoms with Gasteiger partial charge >= 0.3 is 0 Å². The van der Waals surface area contributed by atoms with E-state index < -0.39 is 47.3 Å². The highest BCUT2D eigenvalue weighted by Gasteiger charge is 2.75. The van der Waals surface area contributed by atoms with Crippen LogP contribution in [0.2, 0.25) is 0 Å². The summed E-state index contributed by atoms with van der Waals surface area (Å²) in [6, 6.07) is 7.62. The van der Waals surface area contributed by atoms with Crippen LogP contribution in [0.4, 0.5) is 5.69 Å². The number of benzene rings is 1. The number of rotatable bonds is 6. The van der Waals surface area contributed by atoms with Crippen LogP contribution in [0.15, 0.2) is 60.5 Å². The van der Waals surface area contributed by atoms with Gasteiger partial charge in [0.2, 0.25) is 0 Å². The van der Waals surface area contributed by atoms with Gasteiger partial charge in [0, 0.05) is 41.2 Å². The average Bonchev–Trinajstić information content (AvgIpc) is 3.65. The van der Waals surface area contributed by atoms with Gasteiger partial charge in [-0.25, -0.2) is 0 Å².